The van der Waals surface area contributed by atoms with Gasteiger partial charge in [-0.15, -0.1) is 0 Å². The van der Waals surface area contributed by atoms with E-state index in [9.17, 15) is 23.1 Å². The number of aromatic amines is 2. The molecule has 0 aliphatic heterocycles. The summed E-state index contributed by atoms with van der Waals surface area (Å²) < 4.78 is 28.4. The number of nitrogens with one attached hydrogen (secondary N) is 3. The number of carbonyl (C=O) groups excluding carboxylic acids is 1. The Bertz CT molecular complexity index is 1380. The van der Waals surface area contributed by atoms with Gasteiger partial charge in [0.25, 0.3) is 15.6 Å². The number of carboxylic acid groups (broad SMARTS) is 1. The standard InChI is InChI=1S/C17H12BrN3O3S.C3H6O2/c18-10-1-4-12(5-2-10)25(23,24)21-11-3-6-15-14(9-11)13-7-8-19-16(13)17(22)20-15;1-2-3(4)5/h1-9,19,21H,(H,20,22);2H2,1H3,(H,4,5)/p-1. The molecule has 0 aliphatic carbocycles. The number of fused-ring (bicyclic) bond motifs is 3. The van der Waals surface area contributed by atoms with E-state index in [1.54, 1.807) is 42.6 Å². The summed E-state index contributed by atoms with van der Waals surface area (Å²) in [6.45, 7) is 1.54. The van der Waals surface area contributed by atoms with Crippen molar-refractivity contribution < 1.29 is 18.3 Å². The second-order valence-corrected chi connectivity index (χ2v) is 8.86. The fraction of sp³-hybridized carbons (Fsp3) is 0.100. The molecule has 2 aromatic heterocycles. The van der Waals surface area contributed by atoms with Gasteiger partial charge in [-0.3, -0.25) is 9.52 Å². The van der Waals surface area contributed by atoms with Crippen LogP contribution in [0.4, 0.5) is 5.69 Å². The minimum absolute atomic E-state index is 0.111. The van der Waals surface area contributed by atoms with Crippen molar-refractivity contribution in [3.8, 4) is 0 Å². The van der Waals surface area contributed by atoms with Crippen LogP contribution in [0.15, 0.2) is 68.9 Å². The average Bonchev–Trinajstić information content (AvgIpc) is 3.20. The molecule has 0 aliphatic rings. The van der Waals surface area contributed by atoms with E-state index in [1.165, 1.54) is 19.1 Å². The maximum absolute atomic E-state index is 12.5. The molecule has 0 radical (unpaired) electrons. The Balaban J connectivity index is 0.000000461. The van der Waals surface area contributed by atoms with Crippen LogP contribution in [-0.2, 0) is 14.8 Å². The Morgan fingerprint density at radius 2 is 1.77 bits per heavy atom. The van der Waals surface area contributed by atoms with E-state index in [4.69, 9.17) is 0 Å². The first-order chi connectivity index (χ1) is 14.2. The predicted octanol–water partition coefficient (Wildman–Crippen LogP) is 2.72. The zero-order chi connectivity index (χ0) is 21.9. The van der Waals surface area contributed by atoms with Crippen molar-refractivity contribution in [1.29, 1.82) is 0 Å². The molecule has 0 saturated heterocycles. The summed E-state index contributed by atoms with van der Waals surface area (Å²) in [6, 6.07) is 13.2. The quantitative estimate of drug-likeness (QED) is 0.404. The third-order valence-corrected chi connectivity index (χ3v) is 6.12. The SMILES string of the molecule is CCC(=O)[O-].O=c1[nH]c2ccc(NS(=O)(=O)c3ccc(Br)cc3)cc2c2cc[nH]c12. The molecule has 2 aromatic carbocycles. The van der Waals surface area contributed by atoms with Gasteiger partial charge >= 0.3 is 0 Å². The number of halogens is 1. The van der Waals surface area contributed by atoms with E-state index in [0.29, 0.717) is 16.7 Å². The van der Waals surface area contributed by atoms with E-state index in [2.05, 4.69) is 30.6 Å². The number of benzene rings is 2. The van der Waals surface area contributed by atoms with E-state index in [0.717, 1.165) is 15.2 Å². The van der Waals surface area contributed by atoms with E-state index >= 15 is 0 Å². The molecular formula is C20H17BrN3O5S-. The first-order valence-corrected chi connectivity index (χ1v) is 11.1. The van der Waals surface area contributed by atoms with Crippen LogP contribution in [-0.4, -0.2) is 24.4 Å². The van der Waals surface area contributed by atoms with Crippen LogP contribution in [0, 0.1) is 0 Å². The highest BCUT2D eigenvalue weighted by Gasteiger charge is 2.15. The van der Waals surface area contributed by atoms with Gasteiger partial charge < -0.3 is 19.9 Å². The lowest BCUT2D eigenvalue weighted by Crippen LogP contribution is -2.19. The van der Waals surface area contributed by atoms with Gasteiger partial charge in [0.05, 0.1) is 4.90 Å². The van der Waals surface area contributed by atoms with Crippen LogP contribution >= 0.6 is 15.9 Å². The van der Waals surface area contributed by atoms with Crippen molar-refractivity contribution in [3.05, 3.63) is 69.6 Å². The molecule has 10 heteroatoms. The average molecular weight is 491 g/mol. The molecule has 0 unspecified atom stereocenters. The molecule has 2 heterocycles. The third-order valence-electron chi connectivity index (χ3n) is 4.20. The zero-order valence-corrected chi connectivity index (χ0v) is 18.1. The van der Waals surface area contributed by atoms with Gasteiger partial charge in [0.2, 0.25) is 0 Å². The van der Waals surface area contributed by atoms with Crippen LogP contribution in [0.1, 0.15) is 13.3 Å². The zero-order valence-electron chi connectivity index (χ0n) is 15.7. The Hall–Kier alpha value is -3.11. The minimum atomic E-state index is -3.70. The minimum Gasteiger partial charge on any atom is -0.550 e. The maximum Gasteiger partial charge on any atom is 0.272 e. The molecule has 0 atom stereocenters. The maximum atomic E-state index is 12.5. The van der Waals surface area contributed by atoms with Gasteiger partial charge in [-0.05, 0) is 55.0 Å². The van der Waals surface area contributed by atoms with Gasteiger partial charge in [-0.1, -0.05) is 22.9 Å². The third kappa shape index (κ3) is 4.71. The van der Waals surface area contributed by atoms with Crippen LogP contribution in [0.5, 0.6) is 0 Å². The van der Waals surface area contributed by atoms with Crippen molar-refractivity contribution in [2.24, 2.45) is 0 Å². The Labute approximate surface area is 180 Å². The molecule has 3 N–H and O–H groups in total. The van der Waals surface area contributed by atoms with Crippen molar-refractivity contribution in [3.63, 3.8) is 0 Å². The molecule has 4 rings (SSSR count). The topological polar surface area (TPSA) is 135 Å². The number of hydrogen-bond acceptors (Lipinski definition) is 5. The first-order valence-electron chi connectivity index (χ1n) is 8.82. The fourth-order valence-corrected chi connectivity index (χ4v) is 4.05. The largest absolute Gasteiger partial charge is 0.550 e. The molecule has 0 amide bonds. The highest BCUT2D eigenvalue weighted by Crippen LogP contribution is 2.25. The molecule has 156 valence electrons. The Morgan fingerprint density at radius 3 is 2.40 bits per heavy atom. The predicted molar refractivity (Wildman–Crippen MR) is 117 cm³/mol. The van der Waals surface area contributed by atoms with Gasteiger partial charge in [-0.2, -0.15) is 0 Å². The smallest absolute Gasteiger partial charge is 0.272 e. The van der Waals surface area contributed by atoms with Crippen molar-refractivity contribution in [2.75, 3.05) is 4.72 Å². The summed E-state index contributed by atoms with van der Waals surface area (Å²) in [7, 11) is -3.70. The number of H-pyrrole nitrogens is 2. The summed E-state index contributed by atoms with van der Waals surface area (Å²) in [5.41, 5.74) is 1.31. The molecule has 0 fully saturated rings. The number of aromatic nitrogens is 2. The number of pyridine rings is 1. The lowest BCUT2D eigenvalue weighted by Gasteiger charge is -2.09. The van der Waals surface area contributed by atoms with E-state index in [1.807, 2.05) is 0 Å². The first kappa shape index (κ1) is 21.6. The normalized spacial score (nSPS) is 11.1. The summed E-state index contributed by atoms with van der Waals surface area (Å²) >= 11 is 3.28. The molecule has 0 saturated carbocycles. The molecule has 4 aromatic rings. The Morgan fingerprint density at radius 1 is 1.10 bits per heavy atom. The van der Waals surface area contributed by atoms with Crippen molar-refractivity contribution >= 4 is 59.4 Å². The summed E-state index contributed by atoms with van der Waals surface area (Å²) in [4.78, 5) is 27.1. The van der Waals surface area contributed by atoms with Gasteiger partial charge in [0.1, 0.15) is 5.52 Å². The lowest BCUT2D eigenvalue weighted by atomic mass is 10.1. The molecule has 0 bridgehead atoms. The molecular weight excluding hydrogens is 474 g/mol. The lowest BCUT2D eigenvalue weighted by molar-refractivity contribution is -0.305. The summed E-state index contributed by atoms with van der Waals surface area (Å²) in [5.74, 6) is -0.995. The van der Waals surface area contributed by atoms with Crippen LogP contribution in [0.3, 0.4) is 0 Å². The van der Waals surface area contributed by atoms with Crippen molar-refractivity contribution in [1.82, 2.24) is 9.97 Å². The number of anilines is 1. The second kappa shape index (κ2) is 8.72. The van der Waals surface area contributed by atoms with Crippen LogP contribution in [0.25, 0.3) is 21.8 Å². The highest BCUT2D eigenvalue weighted by atomic mass is 79.9. The molecule has 0 spiro atoms. The summed E-state index contributed by atoms with van der Waals surface area (Å²) in [5, 5.41) is 10.8. The number of carboxylic acids is 1. The van der Waals surface area contributed by atoms with Crippen LogP contribution in [0.2, 0.25) is 0 Å². The number of carbonyl (C=O) groups is 1. The van der Waals surface area contributed by atoms with Gasteiger partial charge in [0.15, 0.2) is 0 Å². The Kier molecular flexibility index (Phi) is 6.28. The van der Waals surface area contributed by atoms with Crippen LogP contribution < -0.4 is 15.4 Å². The van der Waals surface area contributed by atoms with Gasteiger partial charge in [0, 0.05) is 38.6 Å². The summed E-state index contributed by atoms with van der Waals surface area (Å²) in [6.07, 6.45) is 1.79. The molecule has 30 heavy (non-hydrogen) atoms. The number of sulfonamides is 1. The molecule has 8 nitrogen and oxygen atoms in total. The monoisotopic (exact) mass is 490 g/mol. The van der Waals surface area contributed by atoms with Crippen molar-refractivity contribution in [2.45, 2.75) is 18.2 Å². The highest BCUT2D eigenvalue weighted by molar-refractivity contribution is 9.10. The van der Waals surface area contributed by atoms with E-state index in [-0.39, 0.29) is 16.9 Å². The number of rotatable bonds is 4. The number of hydrogen-bond donors (Lipinski definition) is 3. The van der Waals surface area contributed by atoms with E-state index < -0.39 is 16.0 Å². The van der Waals surface area contributed by atoms with Gasteiger partial charge in [-0.25, -0.2) is 8.42 Å². The fourth-order valence-electron chi connectivity index (χ4n) is 2.73. The number of aliphatic carboxylic acids is 1. The second-order valence-electron chi connectivity index (χ2n) is 6.27.